The Hall–Kier alpha value is -2.45. The summed E-state index contributed by atoms with van der Waals surface area (Å²) in [5.41, 5.74) is 0.101. The lowest BCUT2D eigenvalue weighted by Crippen LogP contribution is -2.42. The van der Waals surface area contributed by atoms with Crippen molar-refractivity contribution >= 4 is 17.7 Å². The van der Waals surface area contributed by atoms with Crippen LogP contribution in [0.25, 0.3) is 0 Å². The molecule has 0 bridgehead atoms. The molecule has 0 radical (unpaired) electrons. The van der Waals surface area contributed by atoms with E-state index in [1.165, 1.54) is 12.1 Å². The SMILES string of the molecule is O=C(Nc1cccc(OC(F)(F)F)c1)C1CCCN1C(=O)O. The van der Waals surface area contributed by atoms with Gasteiger partial charge in [0.2, 0.25) is 5.91 Å². The fourth-order valence-corrected chi connectivity index (χ4v) is 2.26. The molecule has 22 heavy (non-hydrogen) atoms. The number of benzene rings is 1. The fourth-order valence-electron chi connectivity index (χ4n) is 2.26. The van der Waals surface area contributed by atoms with Gasteiger partial charge in [0, 0.05) is 18.3 Å². The molecule has 2 rings (SSSR count). The molecule has 0 aromatic heterocycles. The third-order valence-corrected chi connectivity index (χ3v) is 3.14. The Balaban J connectivity index is 2.05. The largest absolute Gasteiger partial charge is 0.573 e. The van der Waals surface area contributed by atoms with Gasteiger partial charge in [0.25, 0.3) is 0 Å². The molecular weight excluding hydrogens is 305 g/mol. The highest BCUT2D eigenvalue weighted by atomic mass is 19.4. The van der Waals surface area contributed by atoms with Crippen molar-refractivity contribution in [3.8, 4) is 5.75 Å². The number of hydrogen-bond acceptors (Lipinski definition) is 3. The van der Waals surface area contributed by atoms with Crippen molar-refractivity contribution < 1.29 is 32.6 Å². The number of rotatable bonds is 3. The fraction of sp³-hybridized carbons (Fsp3) is 0.385. The Labute approximate surface area is 123 Å². The van der Waals surface area contributed by atoms with Gasteiger partial charge in [-0.05, 0) is 25.0 Å². The van der Waals surface area contributed by atoms with Crippen molar-refractivity contribution in [3.05, 3.63) is 24.3 Å². The first-order chi connectivity index (χ1) is 10.3. The summed E-state index contributed by atoms with van der Waals surface area (Å²) in [6.07, 6.45) is -5.10. The van der Waals surface area contributed by atoms with Crippen LogP contribution in [0.15, 0.2) is 24.3 Å². The van der Waals surface area contributed by atoms with Gasteiger partial charge in [-0.1, -0.05) is 6.07 Å². The second-order valence-electron chi connectivity index (χ2n) is 4.70. The number of halogens is 3. The van der Waals surface area contributed by atoms with Gasteiger partial charge in [-0.2, -0.15) is 0 Å². The maximum atomic E-state index is 12.1. The zero-order valence-electron chi connectivity index (χ0n) is 11.3. The van der Waals surface area contributed by atoms with Crippen molar-refractivity contribution in [1.29, 1.82) is 0 Å². The molecule has 1 heterocycles. The van der Waals surface area contributed by atoms with Gasteiger partial charge in [0.1, 0.15) is 11.8 Å². The van der Waals surface area contributed by atoms with E-state index in [2.05, 4.69) is 10.1 Å². The van der Waals surface area contributed by atoms with Crippen LogP contribution >= 0.6 is 0 Å². The van der Waals surface area contributed by atoms with E-state index >= 15 is 0 Å². The number of hydrogen-bond donors (Lipinski definition) is 2. The topological polar surface area (TPSA) is 78.9 Å². The van der Waals surface area contributed by atoms with Gasteiger partial charge in [-0.25, -0.2) is 4.79 Å². The molecule has 1 aliphatic rings. The summed E-state index contributed by atoms with van der Waals surface area (Å²) in [6, 6.07) is 3.96. The molecule has 0 aliphatic carbocycles. The van der Waals surface area contributed by atoms with Crippen molar-refractivity contribution in [2.45, 2.75) is 25.2 Å². The van der Waals surface area contributed by atoms with Crippen LogP contribution in [0.2, 0.25) is 0 Å². The van der Waals surface area contributed by atoms with Gasteiger partial charge in [-0.15, -0.1) is 13.2 Å². The molecule has 1 aromatic rings. The molecule has 1 atom stereocenters. The highest BCUT2D eigenvalue weighted by Crippen LogP contribution is 2.26. The lowest BCUT2D eigenvalue weighted by Gasteiger charge is -2.20. The van der Waals surface area contributed by atoms with E-state index in [1.54, 1.807) is 0 Å². The summed E-state index contributed by atoms with van der Waals surface area (Å²) in [6.45, 7) is 0.255. The van der Waals surface area contributed by atoms with Crippen LogP contribution in [-0.4, -0.2) is 41.0 Å². The number of anilines is 1. The zero-order chi connectivity index (χ0) is 16.3. The molecule has 1 aliphatic heterocycles. The van der Waals surface area contributed by atoms with Crippen molar-refractivity contribution in [1.82, 2.24) is 4.90 Å². The lowest BCUT2D eigenvalue weighted by atomic mass is 10.2. The number of carbonyl (C=O) groups is 2. The first-order valence-corrected chi connectivity index (χ1v) is 6.42. The second kappa shape index (κ2) is 6.12. The van der Waals surface area contributed by atoms with Crippen LogP contribution < -0.4 is 10.1 Å². The van der Waals surface area contributed by atoms with Crippen molar-refractivity contribution in [3.63, 3.8) is 0 Å². The minimum Gasteiger partial charge on any atom is -0.465 e. The van der Waals surface area contributed by atoms with E-state index in [0.29, 0.717) is 12.8 Å². The lowest BCUT2D eigenvalue weighted by molar-refractivity contribution is -0.274. The van der Waals surface area contributed by atoms with Crippen LogP contribution in [0.4, 0.5) is 23.7 Å². The Bertz CT molecular complexity index is 577. The zero-order valence-corrected chi connectivity index (χ0v) is 11.3. The third kappa shape index (κ3) is 4.03. The van der Waals surface area contributed by atoms with Crippen LogP contribution in [0.3, 0.4) is 0 Å². The summed E-state index contributed by atoms with van der Waals surface area (Å²) >= 11 is 0. The molecule has 1 aromatic carbocycles. The molecule has 0 saturated carbocycles. The molecule has 9 heteroatoms. The number of alkyl halides is 3. The monoisotopic (exact) mass is 318 g/mol. The number of amides is 2. The molecular formula is C13H13F3N2O4. The maximum absolute atomic E-state index is 12.1. The second-order valence-corrected chi connectivity index (χ2v) is 4.70. The van der Waals surface area contributed by atoms with E-state index in [-0.39, 0.29) is 12.2 Å². The predicted molar refractivity (Wildman–Crippen MR) is 69.5 cm³/mol. The number of ether oxygens (including phenoxy) is 1. The first kappa shape index (κ1) is 15.9. The van der Waals surface area contributed by atoms with Gasteiger partial charge in [0.05, 0.1) is 0 Å². The number of carboxylic acid groups (broad SMARTS) is 1. The minimum atomic E-state index is -4.83. The van der Waals surface area contributed by atoms with Crippen LogP contribution in [0.5, 0.6) is 5.75 Å². The van der Waals surface area contributed by atoms with E-state index < -0.39 is 30.2 Å². The van der Waals surface area contributed by atoms with Gasteiger partial charge in [0.15, 0.2) is 0 Å². The Morgan fingerprint density at radius 3 is 2.73 bits per heavy atom. The summed E-state index contributed by atoms with van der Waals surface area (Å²) < 4.78 is 40.2. The molecule has 0 spiro atoms. The standard InChI is InChI=1S/C13H13F3N2O4/c14-13(15,16)22-9-4-1-3-8(7-9)17-11(19)10-5-2-6-18(10)12(20)21/h1,3-4,7,10H,2,5-6H2,(H,17,19)(H,20,21). The molecule has 6 nitrogen and oxygen atoms in total. The van der Waals surface area contributed by atoms with Crippen molar-refractivity contribution in [2.24, 2.45) is 0 Å². The van der Waals surface area contributed by atoms with E-state index in [1.807, 2.05) is 0 Å². The van der Waals surface area contributed by atoms with Crippen LogP contribution in [0.1, 0.15) is 12.8 Å². The van der Waals surface area contributed by atoms with E-state index in [4.69, 9.17) is 5.11 Å². The maximum Gasteiger partial charge on any atom is 0.573 e. The summed E-state index contributed by atoms with van der Waals surface area (Å²) in [5, 5.41) is 11.4. The summed E-state index contributed by atoms with van der Waals surface area (Å²) in [7, 11) is 0. The van der Waals surface area contributed by atoms with E-state index in [0.717, 1.165) is 17.0 Å². The number of carbonyl (C=O) groups excluding carboxylic acids is 1. The number of likely N-dealkylation sites (tertiary alicyclic amines) is 1. The van der Waals surface area contributed by atoms with E-state index in [9.17, 15) is 22.8 Å². The Morgan fingerprint density at radius 1 is 1.36 bits per heavy atom. The van der Waals surface area contributed by atoms with Gasteiger partial charge in [-0.3, -0.25) is 9.69 Å². The number of nitrogens with zero attached hydrogens (tertiary/aromatic N) is 1. The predicted octanol–water partition coefficient (Wildman–Crippen LogP) is 2.67. The average molecular weight is 318 g/mol. The normalized spacial score (nSPS) is 18.1. The highest BCUT2D eigenvalue weighted by Gasteiger charge is 2.34. The molecule has 1 fully saturated rings. The molecule has 120 valence electrons. The van der Waals surface area contributed by atoms with Crippen molar-refractivity contribution in [2.75, 3.05) is 11.9 Å². The first-order valence-electron chi connectivity index (χ1n) is 6.42. The average Bonchev–Trinajstić information content (AvgIpc) is 2.86. The number of nitrogens with one attached hydrogen (secondary N) is 1. The summed E-state index contributed by atoms with van der Waals surface area (Å²) in [4.78, 5) is 24.0. The third-order valence-electron chi connectivity index (χ3n) is 3.14. The Kier molecular flexibility index (Phi) is 4.43. The van der Waals surface area contributed by atoms with Gasteiger partial charge < -0.3 is 15.2 Å². The highest BCUT2D eigenvalue weighted by molar-refractivity contribution is 5.96. The van der Waals surface area contributed by atoms with Crippen LogP contribution in [-0.2, 0) is 4.79 Å². The minimum absolute atomic E-state index is 0.101. The molecule has 2 amide bonds. The van der Waals surface area contributed by atoms with Gasteiger partial charge >= 0.3 is 12.5 Å². The smallest absolute Gasteiger partial charge is 0.465 e. The van der Waals surface area contributed by atoms with Crippen LogP contribution in [0, 0.1) is 0 Å². The molecule has 1 unspecified atom stereocenters. The molecule has 2 N–H and O–H groups in total. The summed E-state index contributed by atoms with van der Waals surface area (Å²) in [5.74, 6) is -1.05. The Morgan fingerprint density at radius 2 is 2.09 bits per heavy atom. The molecule has 1 saturated heterocycles. The quantitative estimate of drug-likeness (QED) is 0.898.